The van der Waals surface area contributed by atoms with Gasteiger partial charge in [0, 0.05) is 0 Å². The van der Waals surface area contributed by atoms with Crippen molar-refractivity contribution in [3.63, 3.8) is 0 Å². The maximum Gasteiger partial charge on any atom is 0.237 e. The Bertz CT molecular complexity index is 386. The highest BCUT2D eigenvalue weighted by molar-refractivity contribution is 7.13. The van der Waals surface area contributed by atoms with E-state index < -0.39 is 0 Å². The first-order chi connectivity index (χ1) is 10.7. The van der Waals surface area contributed by atoms with Crippen molar-refractivity contribution in [1.82, 2.24) is 10.4 Å². The topological polar surface area (TPSA) is 41.1 Å². The SMILES string of the molecule is BCNC(=O)C(Cc1ccccc1)NP.CC.CC1CCC1. The molecular formula is C17H32BN2OP. The number of benzene rings is 1. The second-order valence-corrected chi connectivity index (χ2v) is 5.67. The van der Waals surface area contributed by atoms with Crippen LogP contribution < -0.4 is 10.4 Å². The van der Waals surface area contributed by atoms with Gasteiger partial charge in [0.25, 0.3) is 0 Å². The van der Waals surface area contributed by atoms with E-state index in [1.54, 1.807) is 0 Å². The van der Waals surface area contributed by atoms with Crippen molar-refractivity contribution in [2.24, 2.45) is 5.92 Å². The van der Waals surface area contributed by atoms with E-state index >= 15 is 0 Å². The predicted molar refractivity (Wildman–Crippen MR) is 103 cm³/mol. The summed E-state index contributed by atoms with van der Waals surface area (Å²) >= 11 is 0. The van der Waals surface area contributed by atoms with Gasteiger partial charge in [-0.2, -0.15) is 0 Å². The second kappa shape index (κ2) is 13.8. The van der Waals surface area contributed by atoms with Gasteiger partial charge in [0.1, 0.15) is 7.85 Å². The minimum absolute atomic E-state index is 0.0383. The summed E-state index contributed by atoms with van der Waals surface area (Å²) in [4.78, 5) is 11.6. The maximum absolute atomic E-state index is 11.6. The van der Waals surface area contributed by atoms with Gasteiger partial charge in [-0.3, -0.25) is 9.88 Å². The van der Waals surface area contributed by atoms with E-state index in [0.717, 1.165) is 11.5 Å². The lowest BCUT2D eigenvalue weighted by atomic mass is 9.88. The maximum atomic E-state index is 11.6. The molecule has 2 atom stereocenters. The largest absolute Gasteiger partial charge is 0.363 e. The summed E-state index contributed by atoms with van der Waals surface area (Å²) in [5.74, 6) is 1.10. The van der Waals surface area contributed by atoms with Crippen LogP contribution in [0.5, 0.6) is 0 Å². The molecule has 1 aliphatic carbocycles. The third-order valence-corrected chi connectivity index (χ3v) is 3.95. The molecule has 0 aliphatic heterocycles. The molecule has 2 unspecified atom stereocenters. The Kier molecular flexibility index (Phi) is 13.2. The van der Waals surface area contributed by atoms with Crippen molar-refractivity contribution in [2.45, 2.75) is 52.5 Å². The van der Waals surface area contributed by atoms with Crippen molar-refractivity contribution in [3.05, 3.63) is 35.9 Å². The van der Waals surface area contributed by atoms with Crippen molar-refractivity contribution < 1.29 is 4.79 Å². The smallest absolute Gasteiger partial charge is 0.237 e. The normalized spacial score (nSPS) is 14.4. The van der Waals surface area contributed by atoms with Gasteiger partial charge < -0.3 is 5.32 Å². The molecule has 22 heavy (non-hydrogen) atoms. The monoisotopic (exact) mass is 322 g/mol. The Morgan fingerprint density at radius 2 is 1.86 bits per heavy atom. The number of carbonyl (C=O) groups excluding carboxylic acids is 1. The molecule has 0 saturated heterocycles. The Labute approximate surface area is 139 Å². The molecule has 1 fully saturated rings. The number of rotatable bonds is 5. The van der Waals surface area contributed by atoms with Gasteiger partial charge in [-0.05, 0) is 24.3 Å². The molecule has 124 valence electrons. The van der Waals surface area contributed by atoms with E-state index in [1.165, 1.54) is 19.3 Å². The molecule has 0 spiro atoms. The Morgan fingerprint density at radius 3 is 2.23 bits per heavy atom. The molecule has 1 amide bonds. The van der Waals surface area contributed by atoms with E-state index in [-0.39, 0.29) is 11.9 Å². The second-order valence-electron chi connectivity index (χ2n) is 5.34. The lowest BCUT2D eigenvalue weighted by molar-refractivity contribution is -0.122. The summed E-state index contributed by atoms with van der Waals surface area (Å²) in [6.45, 7) is 6.31. The first-order valence-electron chi connectivity index (χ1n) is 8.45. The first-order valence-corrected chi connectivity index (χ1v) is 9.02. The lowest BCUT2D eigenvalue weighted by Gasteiger charge is -2.18. The van der Waals surface area contributed by atoms with Gasteiger partial charge in [0.2, 0.25) is 5.91 Å². The molecule has 0 radical (unpaired) electrons. The van der Waals surface area contributed by atoms with Crippen LogP contribution in [0.3, 0.4) is 0 Å². The van der Waals surface area contributed by atoms with E-state index in [9.17, 15) is 4.79 Å². The fourth-order valence-electron chi connectivity index (χ4n) is 1.99. The third kappa shape index (κ3) is 9.22. The highest BCUT2D eigenvalue weighted by Gasteiger charge is 2.15. The van der Waals surface area contributed by atoms with Crippen LogP contribution in [-0.4, -0.2) is 26.2 Å². The lowest BCUT2D eigenvalue weighted by Crippen LogP contribution is -2.42. The van der Waals surface area contributed by atoms with E-state index in [4.69, 9.17) is 0 Å². The van der Waals surface area contributed by atoms with E-state index in [2.05, 4.69) is 26.7 Å². The van der Waals surface area contributed by atoms with Crippen molar-refractivity contribution >= 4 is 23.1 Å². The van der Waals surface area contributed by atoms with Gasteiger partial charge in [0.15, 0.2) is 0 Å². The van der Waals surface area contributed by atoms with Gasteiger partial charge in [-0.1, -0.05) is 79.8 Å². The summed E-state index contributed by atoms with van der Waals surface area (Å²) in [6.07, 6.45) is 5.83. The van der Waals surface area contributed by atoms with Crippen LogP contribution in [0.15, 0.2) is 30.3 Å². The Morgan fingerprint density at radius 1 is 1.32 bits per heavy atom. The van der Waals surface area contributed by atoms with Gasteiger partial charge in [0.05, 0.1) is 6.04 Å². The zero-order chi connectivity index (χ0) is 16.8. The summed E-state index contributed by atoms with van der Waals surface area (Å²) in [6, 6.07) is 9.79. The predicted octanol–water partition coefficient (Wildman–Crippen LogP) is 2.52. The summed E-state index contributed by atoms with van der Waals surface area (Å²) in [5, 5.41) is 5.74. The highest BCUT2D eigenvalue weighted by atomic mass is 31.0. The van der Waals surface area contributed by atoms with Crippen LogP contribution in [-0.2, 0) is 11.2 Å². The minimum atomic E-state index is -0.183. The molecule has 0 heterocycles. The molecule has 5 heteroatoms. The van der Waals surface area contributed by atoms with Crippen LogP contribution >= 0.6 is 9.39 Å². The zero-order valence-electron chi connectivity index (χ0n) is 14.6. The first kappa shape index (κ1) is 21.1. The molecule has 0 aromatic heterocycles. The molecule has 1 saturated carbocycles. The number of nitrogens with one attached hydrogen (secondary N) is 2. The Balaban J connectivity index is 0.000000522. The van der Waals surface area contributed by atoms with Crippen molar-refractivity contribution in [1.29, 1.82) is 0 Å². The highest BCUT2D eigenvalue weighted by Crippen LogP contribution is 2.24. The quantitative estimate of drug-likeness (QED) is 0.646. The van der Waals surface area contributed by atoms with Crippen LogP contribution in [0, 0.1) is 5.92 Å². The molecule has 3 nitrogen and oxygen atoms in total. The summed E-state index contributed by atoms with van der Waals surface area (Å²) < 4.78 is 0. The number of hydrogen-bond donors (Lipinski definition) is 2. The third-order valence-electron chi connectivity index (χ3n) is 3.55. The number of carbonyl (C=O) groups is 1. The van der Waals surface area contributed by atoms with Crippen LogP contribution in [0.4, 0.5) is 0 Å². The fourth-order valence-corrected chi connectivity index (χ4v) is 2.26. The van der Waals surface area contributed by atoms with Gasteiger partial charge >= 0.3 is 0 Å². The number of hydrogen-bond acceptors (Lipinski definition) is 2. The molecule has 1 aromatic carbocycles. The molecule has 2 N–H and O–H groups in total. The molecular weight excluding hydrogens is 290 g/mol. The summed E-state index contributed by atoms with van der Waals surface area (Å²) in [7, 11) is 4.31. The fraction of sp³-hybridized carbons (Fsp3) is 0.588. The van der Waals surface area contributed by atoms with Crippen LogP contribution in [0.2, 0.25) is 0 Å². The van der Waals surface area contributed by atoms with Crippen LogP contribution in [0.1, 0.15) is 45.6 Å². The average Bonchev–Trinajstić information content (AvgIpc) is 2.54. The van der Waals surface area contributed by atoms with Crippen molar-refractivity contribution in [2.75, 3.05) is 6.44 Å². The van der Waals surface area contributed by atoms with Crippen LogP contribution in [0.25, 0.3) is 0 Å². The van der Waals surface area contributed by atoms with Gasteiger partial charge in [-0.15, -0.1) is 0 Å². The molecule has 1 aromatic rings. The molecule has 0 bridgehead atoms. The standard InChI is InChI=1S/C10H16BN2OP.C5H10.C2H6/c11-7-12-10(14)9(13-15)6-8-4-2-1-3-5-8;1-5-3-2-4-5;1-2/h1-5,9,13H,6-7,11,15H2,(H,12,14);5H,2-4H2,1H3;1-2H3. The van der Waals surface area contributed by atoms with Gasteiger partial charge in [-0.25, -0.2) is 0 Å². The summed E-state index contributed by atoms with van der Waals surface area (Å²) in [5.41, 5.74) is 1.16. The molecule has 1 aliphatic rings. The van der Waals surface area contributed by atoms with E-state index in [1.807, 2.05) is 52.0 Å². The number of amides is 1. The van der Waals surface area contributed by atoms with Crippen molar-refractivity contribution in [3.8, 4) is 0 Å². The minimum Gasteiger partial charge on any atom is -0.363 e. The Hall–Kier alpha value is -0.855. The zero-order valence-corrected chi connectivity index (χ0v) is 15.7. The average molecular weight is 322 g/mol. The van der Waals surface area contributed by atoms with E-state index in [0.29, 0.717) is 12.9 Å². The molecule has 2 rings (SSSR count).